The molecule has 41 heavy (non-hydrogen) atoms. The number of carboxylic acid groups (broad SMARTS) is 1. The number of ether oxygens (including phenoxy) is 3. The highest BCUT2D eigenvalue weighted by atomic mass is 16.6. The van der Waals surface area contributed by atoms with E-state index in [1.165, 1.54) is 0 Å². The zero-order valence-electron chi connectivity index (χ0n) is 24.3. The van der Waals surface area contributed by atoms with E-state index in [0.29, 0.717) is 29.5 Å². The fraction of sp³-hybridized carbons (Fsp3) is 0.667. The third-order valence-corrected chi connectivity index (χ3v) is 8.34. The summed E-state index contributed by atoms with van der Waals surface area (Å²) >= 11 is 0. The number of aromatic nitrogens is 2. The van der Waals surface area contributed by atoms with Gasteiger partial charge in [0, 0.05) is 19.0 Å². The van der Waals surface area contributed by atoms with E-state index in [4.69, 9.17) is 24.2 Å². The predicted molar refractivity (Wildman–Crippen MR) is 151 cm³/mol. The number of hydrogen-bond acceptors (Lipinski definition) is 10. The second kappa shape index (κ2) is 12.2. The summed E-state index contributed by atoms with van der Waals surface area (Å²) < 4.78 is 17.6. The summed E-state index contributed by atoms with van der Waals surface area (Å²) in [6.45, 7) is 5.87. The van der Waals surface area contributed by atoms with Crippen molar-refractivity contribution >= 4 is 22.8 Å². The Morgan fingerprint density at radius 2 is 1.95 bits per heavy atom. The van der Waals surface area contributed by atoms with Gasteiger partial charge in [-0.05, 0) is 49.1 Å². The average molecular weight is 571 g/mol. The summed E-state index contributed by atoms with van der Waals surface area (Å²) in [6.07, 6.45) is 3.95. The van der Waals surface area contributed by atoms with Crippen LogP contribution in [0.3, 0.4) is 0 Å². The van der Waals surface area contributed by atoms with Crippen LogP contribution >= 0.6 is 0 Å². The first-order chi connectivity index (χ1) is 19.5. The number of rotatable bonds is 2. The zero-order chi connectivity index (χ0) is 29.3. The van der Waals surface area contributed by atoms with Crippen LogP contribution in [-0.2, 0) is 20.7 Å². The molecule has 0 amide bonds. The number of nitrogens with one attached hydrogen (secondary N) is 1. The van der Waals surface area contributed by atoms with Gasteiger partial charge in [-0.2, -0.15) is 0 Å². The highest BCUT2D eigenvalue weighted by molar-refractivity contribution is 5.87. The molecule has 1 aromatic carbocycles. The molecular weight excluding hydrogens is 528 g/mol. The Bertz CT molecular complexity index is 1270. The molecule has 5 rings (SSSR count). The topological polar surface area (TPSA) is 143 Å². The molecular formula is C30H42N4O7. The molecule has 3 heterocycles. The Balaban J connectivity index is 1.43. The summed E-state index contributed by atoms with van der Waals surface area (Å²) in [4.78, 5) is 37.1. The Kier molecular flexibility index (Phi) is 8.79. The van der Waals surface area contributed by atoms with Gasteiger partial charge in [0.2, 0.25) is 12.3 Å². The number of carbonyl (C=O) groups excluding carboxylic acids is 1. The maximum absolute atomic E-state index is 13.6. The molecule has 2 fully saturated rings. The summed E-state index contributed by atoms with van der Waals surface area (Å²) in [5.41, 5.74) is 1.59. The number of aryl methyl sites for hydroxylation is 1. The number of nitrogens with zero attached hydrogens (tertiary/aromatic N) is 3. The zero-order valence-corrected chi connectivity index (χ0v) is 24.3. The summed E-state index contributed by atoms with van der Waals surface area (Å²) in [5, 5.41) is 23.6. The number of carbonyl (C=O) groups is 2. The first kappa shape index (κ1) is 29.6. The SMILES string of the molecule is COc1ccc2nc3c(nc2c1)O[C@@H]1C[C@@H](C(=O)O)N(CC(=O)[C@H](C(C)(C)C)NC(O)O[C@@H]2C[C@H]2CCCCC3)C1. The predicted octanol–water partition coefficient (Wildman–Crippen LogP) is 2.92. The third kappa shape index (κ3) is 7.14. The van der Waals surface area contributed by atoms with Crippen molar-refractivity contribution in [2.24, 2.45) is 11.3 Å². The van der Waals surface area contributed by atoms with Crippen molar-refractivity contribution in [3.63, 3.8) is 0 Å². The lowest BCUT2D eigenvalue weighted by atomic mass is 9.84. The summed E-state index contributed by atoms with van der Waals surface area (Å²) in [5.74, 6) is 0.234. The number of fused-ring (bicyclic) bond motifs is 5. The number of ketones is 1. The molecule has 1 aromatic heterocycles. The van der Waals surface area contributed by atoms with Crippen molar-refractivity contribution in [3.8, 4) is 11.6 Å². The van der Waals surface area contributed by atoms with Crippen LogP contribution in [0.1, 0.15) is 65.0 Å². The standard InChI is InChI=1S/C30H42N4O7/c1-30(2,3)26-24(35)16-34-15-19(14-23(34)28(36)37)40-27-21(31-20-11-10-18(39-4)13-22(20)32-27)9-7-5-6-8-17-12-25(17)41-29(38)33-26/h10-11,13,17,19,23,25-26,29,33,38H,5-9,12,14-16H2,1-4H3,(H,36,37)/t17-,19-,23+,25-,26-,29?/m1/s1. The van der Waals surface area contributed by atoms with Gasteiger partial charge in [-0.1, -0.05) is 33.6 Å². The van der Waals surface area contributed by atoms with Gasteiger partial charge in [0.25, 0.3) is 0 Å². The van der Waals surface area contributed by atoms with E-state index in [1.807, 2.05) is 39.0 Å². The molecule has 2 unspecified atom stereocenters. The van der Waals surface area contributed by atoms with Crippen LogP contribution in [0.4, 0.5) is 0 Å². The van der Waals surface area contributed by atoms with Crippen molar-refractivity contribution in [2.45, 2.75) is 96.4 Å². The molecule has 2 bridgehead atoms. The van der Waals surface area contributed by atoms with E-state index in [0.717, 1.165) is 43.3 Å². The van der Waals surface area contributed by atoms with Crippen LogP contribution in [0.5, 0.6) is 11.6 Å². The number of benzene rings is 1. The Morgan fingerprint density at radius 1 is 1.15 bits per heavy atom. The van der Waals surface area contributed by atoms with Crippen LogP contribution < -0.4 is 14.8 Å². The molecule has 11 nitrogen and oxygen atoms in total. The lowest BCUT2D eigenvalue weighted by Gasteiger charge is -2.33. The Hall–Kier alpha value is -2.86. The van der Waals surface area contributed by atoms with Gasteiger partial charge in [-0.15, -0.1) is 0 Å². The van der Waals surface area contributed by atoms with Crippen molar-refractivity contribution in [1.29, 1.82) is 0 Å². The molecule has 11 heteroatoms. The third-order valence-electron chi connectivity index (χ3n) is 8.34. The highest BCUT2D eigenvalue weighted by Crippen LogP contribution is 2.39. The van der Waals surface area contributed by atoms with E-state index >= 15 is 0 Å². The van der Waals surface area contributed by atoms with E-state index in [2.05, 4.69) is 5.32 Å². The largest absolute Gasteiger partial charge is 0.497 e. The van der Waals surface area contributed by atoms with E-state index in [-0.39, 0.29) is 31.4 Å². The second-order valence-electron chi connectivity index (χ2n) is 12.6. The number of carboxylic acids is 1. The average Bonchev–Trinajstić information content (AvgIpc) is 3.51. The van der Waals surface area contributed by atoms with Gasteiger partial charge in [0.15, 0.2) is 5.78 Å². The molecule has 1 saturated carbocycles. The maximum Gasteiger partial charge on any atom is 0.321 e. The Morgan fingerprint density at radius 3 is 2.68 bits per heavy atom. The molecule has 3 N–H and O–H groups in total. The lowest BCUT2D eigenvalue weighted by molar-refractivity contribution is -0.153. The first-order valence-corrected chi connectivity index (χ1v) is 14.6. The number of aliphatic hydroxyl groups is 1. The number of aliphatic hydroxyl groups excluding tert-OH is 1. The molecule has 0 radical (unpaired) electrons. The number of hydrogen-bond donors (Lipinski definition) is 3. The van der Waals surface area contributed by atoms with Crippen molar-refractivity contribution in [1.82, 2.24) is 20.2 Å². The molecule has 2 aliphatic heterocycles. The van der Waals surface area contributed by atoms with Gasteiger partial charge in [-0.25, -0.2) is 9.97 Å². The first-order valence-electron chi connectivity index (χ1n) is 14.6. The quantitative estimate of drug-likeness (QED) is 0.490. The fourth-order valence-corrected chi connectivity index (χ4v) is 6.01. The second-order valence-corrected chi connectivity index (χ2v) is 12.6. The number of Topliss-reactive ketones (excluding diaryl/α,β-unsaturated/α-hetero) is 1. The minimum absolute atomic E-state index is 0.0330. The van der Waals surface area contributed by atoms with Gasteiger partial charge in [0.1, 0.15) is 23.6 Å². The van der Waals surface area contributed by atoms with Crippen LogP contribution in [0.25, 0.3) is 11.0 Å². The van der Waals surface area contributed by atoms with Crippen LogP contribution in [0.15, 0.2) is 18.2 Å². The smallest absolute Gasteiger partial charge is 0.321 e. The lowest BCUT2D eigenvalue weighted by Crippen LogP contribution is -2.55. The molecule has 3 aliphatic rings. The molecule has 7 atom stereocenters. The molecule has 0 spiro atoms. The van der Waals surface area contributed by atoms with E-state index in [9.17, 15) is 19.8 Å². The molecule has 224 valence electrons. The van der Waals surface area contributed by atoms with Gasteiger partial charge >= 0.3 is 5.97 Å². The Labute approximate surface area is 240 Å². The van der Waals surface area contributed by atoms with Gasteiger partial charge in [0.05, 0.1) is 36.8 Å². The highest BCUT2D eigenvalue weighted by Gasteiger charge is 2.43. The van der Waals surface area contributed by atoms with Crippen LogP contribution in [0, 0.1) is 11.3 Å². The monoisotopic (exact) mass is 570 g/mol. The maximum atomic E-state index is 13.6. The van der Waals surface area contributed by atoms with Crippen LogP contribution in [-0.4, -0.2) is 87.7 Å². The van der Waals surface area contributed by atoms with Crippen molar-refractivity contribution in [2.75, 3.05) is 20.2 Å². The van der Waals surface area contributed by atoms with E-state index in [1.54, 1.807) is 12.0 Å². The fourth-order valence-electron chi connectivity index (χ4n) is 6.01. The summed E-state index contributed by atoms with van der Waals surface area (Å²) in [7, 11) is 1.60. The molecule has 2 aromatic rings. The van der Waals surface area contributed by atoms with Gasteiger partial charge in [-0.3, -0.25) is 19.8 Å². The minimum atomic E-state index is -1.27. The minimum Gasteiger partial charge on any atom is -0.497 e. The van der Waals surface area contributed by atoms with Gasteiger partial charge < -0.3 is 24.4 Å². The molecule has 1 aliphatic carbocycles. The number of aliphatic carboxylic acids is 1. The number of methoxy groups -OCH3 is 1. The normalized spacial score (nSPS) is 31.6. The van der Waals surface area contributed by atoms with Crippen LogP contribution in [0.2, 0.25) is 0 Å². The van der Waals surface area contributed by atoms with Crippen molar-refractivity contribution < 1.29 is 34.0 Å². The molecule has 1 saturated heterocycles. The van der Waals surface area contributed by atoms with Crippen molar-refractivity contribution in [3.05, 3.63) is 23.9 Å². The van der Waals surface area contributed by atoms with E-state index < -0.39 is 36.0 Å². The summed E-state index contributed by atoms with van der Waals surface area (Å²) in [6, 6.07) is 3.91.